The molecule has 1 aromatic rings. The van der Waals surface area contributed by atoms with E-state index >= 15 is 0 Å². The smallest absolute Gasteiger partial charge is 0.308 e. The van der Waals surface area contributed by atoms with Gasteiger partial charge in [0, 0.05) is 0 Å². The summed E-state index contributed by atoms with van der Waals surface area (Å²) >= 11 is 0. The number of esters is 1. The number of hydrogen-bond donors (Lipinski definition) is 0. The van der Waals surface area contributed by atoms with E-state index < -0.39 is 0 Å². The summed E-state index contributed by atoms with van der Waals surface area (Å²) in [5.41, 5.74) is 3.82. The van der Waals surface area contributed by atoms with E-state index in [2.05, 4.69) is 44.2 Å². The second-order valence-electron chi connectivity index (χ2n) is 6.36. The summed E-state index contributed by atoms with van der Waals surface area (Å²) < 4.78 is 5.30. The molecule has 0 aliphatic carbocycles. The number of allylic oxidation sites excluding steroid dienone is 1. The predicted molar refractivity (Wildman–Crippen MR) is 93.0 cm³/mol. The van der Waals surface area contributed by atoms with Gasteiger partial charge in [0.2, 0.25) is 0 Å². The van der Waals surface area contributed by atoms with Gasteiger partial charge in [-0.2, -0.15) is 0 Å². The van der Waals surface area contributed by atoms with Crippen molar-refractivity contribution in [3.63, 3.8) is 0 Å². The van der Waals surface area contributed by atoms with Crippen LogP contribution in [0.4, 0.5) is 0 Å². The zero-order chi connectivity index (χ0) is 16.5. The molecule has 0 spiro atoms. The third-order valence-electron chi connectivity index (χ3n) is 4.20. The summed E-state index contributed by atoms with van der Waals surface area (Å²) in [6, 6.07) is 8.76. The molecular formula is C20H30O2. The van der Waals surface area contributed by atoms with Crippen LogP contribution in [0.1, 0.15) is 64.0 Å². The number of rotatable bonds is 8. The molecule has 22 heavy (non-hydrogen) atoms. The summed E-state index contributed by atoms with van der Waals surface area (Å²) in [5.74, 6) is 0.449. The largest absolute Gasteiger partial charge is 0.461 e. The first-order valence-electron chi connectivity index (χ1n) is 8.32. The Bertz CT molecular complexity index is 485. The van der Waals surface area contributed by atoms with Crippen molar-refractivity contribution in [1.82, 2.24) is 0 Å². The molecule has 122 valence electrons. The highest BCUT2D eigenvalue weighted by Gasteiger charge is 2.11. The average molecular weight is 302 g/mol. The van der Waals surface area contributed by atoms with E-state index in [-0.39, 0.29) is 11.9 Å². The summed E-state index contributed by atoms with van der Waals surface area (Å²) in [4.78, 5) is 11.6. The van der Waals surface area contributed by atoms with Crippen molar-refractivity contribution in [1.29, 1.82) is 0 Å². The number of carbonyl (C=O) groups is 1. The third kappa shape index (κ3) is 6.46. The van der Waals surface area contributed by atoms with Crippen molar-refractivity contribution in [2.24, 2.45) is 5.92 Å². The fourth-order valence-corrected chi connectivity index (χ4v) is 2.19. The predicted octanol–water partition coefficient (Wildman–Crippen LogP) is 5.41. The van der Waals surface area contributed by atoms with Gasteiger partial charge in [0.1, 0.15) is 6.61 Å². The minimum atomic E-state index is -0.0942. The Morgan fingerprint density at radius 1 is 1.23 bits per heavy atom. The van der Waals surface area contributed by atoms with Crippen molar-refractivity contribution in [3.8, 4) is 0 Å². The van der Waals surface area contributed by atoms with E-state index in [0.717, 1.165) is 24.8 Å². The fraction of sp³-hybridized carbons (Fsp3) is 0.550. The summed E-state index contributed by atoms with van der Waals surface area (Å²) in [5, 5.41) is 0. The van der Waals surface area contributed by atoms with Crippen LogP contribution in [0.5, 0.6) is 0 Å². The first-order chi connectivity index (χ1) is 10.4. The number of ether oxygens (including phenoxy) is 1. The van der Waals surface area contributed by atoms with Crippen LogP contribution >= 0.6 is 0 Å². The zero-order valence-electron chi connectivity index (χ0n) is 14.7. The van der Waals surface area contributed by atoms with E-state index in [1.807, 2.05) is 20.8 Å². The minimum Gasteiger partial charge on any atom is -0.461 e. The number of carbonyl (C=O) groups excluding carboxylic acids is 1. The molecule has 1 rings (SSSR count). The van der Waals surface area contributed by atoms with Crippen LogP contribution in [0.3, 0.4) is 0 Å². The molecule has 0 saturated carbocycles. The van der Waals surface area contributed by atoms with Crippen molar-refractivity contribution < 1.29 is 9.53 Å². The molecule has 0 radical (unpaired) electrons. The lowest BCUT2D eigenvalue weighted by atomic mass is 9.95. The van der Waals surface area contributed by atoms with Crippen molar-refractivity contribution in [2.75, 3.05) is 6.61 Å². The summed E-state index contributed by atoms with van der Waals surface area (Å²) in [6.45, 7) is 10.7. The SMILES string of the molecule is CC[C@@H](C)C(=O)OCC(C)=CCC[C@H](C)c1ccc(C)cc1. The quantitative estimate of drug-likeness (QED) is 0.474. The summed E-state index contributed by atoms with van der Waals surface area (Å²) in [6.07, 6.45) is 5.14. The van der Waals surface area contributed by atoms with Crippen LogP contribution in [-0.2, 0) is 9.53 Å². The van der Waals surface area contributed by atoms with E-state index in [1.165, 1.54) is 11.1 Å². The van der Waals surface area contributed by atoms with E-state index in [1.54, 1.807) is 0 Å². The Morgan fingerprint density at radius 3 is 2.45 bits per heavy atom. The van der Waals surface area contributed by atoms with Crippen molar-refractivity contribution >= 4 is 5.97 Å². The first kappa shape index (κ1) is 18.5. The van der Waals surface area contributed by atoms with Crippen LogP contribution in [0.25, 0.3) is 0 Å². The molecule has 0 unspecified atom stereocenters. The van der Waals surface area contributed by atoms with Gasteiger partial charge in [-0.15, -0.1) is 0 Å². The molecule has 1 aromatic carbocycles. The normalized spacial score (nSPS) is 14.5. The highest BCUT2D eigenvalue weighted by atomic mass is 16.5. The van der Waals surface area contributed by atoms with Crippen LogP contribution in [0.15, 0.2) is 35.9 Å². The van der Waals surface area contributed by atoms with Crippen molar-refractivity contribution in [2.45, 2.75) is 59.8 Å². The molecule has 2 atom stereocenters. The lowest BCUT2D eigenvalue weighted by molar-refractivity contribution is -0.147. The first-order valence-corrected chi connectivity index (χ1v) is 8.32. The van der Waals surface area contributed by atoms with E-state index in [0.29, 0.717) is 12.5 Å². The van der Waals surface area contributed by atoms with Crippen LogP contribution in [0.2, 0.25) is 0 Å². The monoisotopic (exact) mass is 302 g/mol. The molecule has 0 bridgehead atoms. The second-order valence-corrected chi connectivity index (χ2v) is 6.36. The van der Waals surface area contributed by atoms with Crippen LogP contribution in [-0.4, -0.2) is 12.6 Å². The Hall–Kier alpha value is -1.57. The molecule has 0 saturated heterocycles. The molecule has 0 fully saturated rings. The molecule has 0 amide bonds. The third-order valence-corrected chi connectivity index (χ3v) is 4.20. The topological polar surface area (TPSA) is 26.3 Å². The van der Waals surface area contributed by atoms with Gasteiger partial charge in [-0.1, -0.05) is 56.7 Å². The maximum atomic E-state index is 11.6. The van der Waals surface area contributed by atoms with Gasteiger partial charge in [-0.3, -0.25) is 4.79 Å². The van der Waals surface area contributed by atoms with Gasteiger partial charge in [-0.05, 0) is 50.2 Å². The molecular weight excluding hydrogens is 272 g/mol. The van der Waals surface area contributed by atoms with Crippen LogP contribution in [0, 0.1) is 12.8 Å². The molecule has 0 N–H and O–H groups in total. The fourth-order valence-electron chi connectivity index (χ4n) is 2.19. The minimum absolute atomic E-state index is 0.00522. The van der Waals surface area contributed by atoms with Crippen LogP contribution < -0.4 is 0 Å². The number of hydrogen-bond acceptors (Lipinski definition) is 2. The molecule has 0 aromatic heterocycles. The molecule has 0 aliphatic rings. The van der Waals surface area contributed by atoms with Gasteiger partial charge < -0.3 is 4.74 Å². The summed E-state index contributed by atoms with van der Waals surface area (Å²) in [7, 11) is 0. The lowest BCUT2D eigenvalue weighted by Crippen LogP contribution is -2.15. The zero-order valence-corrected chi connectivity index (χ0v) is 14.7. The molecule has 0 aliphatic heterocycles. The Balaban J connectivity index is 2.35. The van der Waals surface area contributed by atoms with Gasteiger partial charge >= 0.3 is 5.97 Å². The highest BCUT2D eigenvalue weighted by molar-refractivity contribution is 5.72. The van der Waals surface area contributed by atoms with Crippen molar-refractivity contribution in [3.05, 3.63) is 47.0 Å². The highest BCUT2D eigenvalue weighted by Crippen LogP contribution is 2.21. The van der Waals surface area contributed by atoms with Gasteiger partial charge in [0.15, 0.2) is 0 Å². The maximum absolute atomic E-state index is 11.6. The van der Waals surface area contributed by atoms with Gasteiger partial charge in [0.05, 0.1) is 5.92 Å². The number of benzene rings is 1. The Labute approximate surface area is 135 Å². The van der Waals surface area contributed by atoms with E-state index in [4.69, 9.17) is 4.74 Å². The Morgan fingerprint density at radius 2 is 1.86 bits per heavy atom. The maximum Gasteiger partial charge on any atom is 0.308 e. The second kappa shape index (κ2) is 9.45. The molecule has 2 nitrogen and oxygen atoms in total. The number of aryl methyl sites for hydroxylation is 1. The van der Waals surface area contributed by atoms with Gasteiger partial charge in [-0.25, -0.2) is 0 Å². The Kier molecular flexibility index (Phi) is 7.94. The molecule has 2 heteroatoms. The standard InChI is InChI=1S/C20H30O2/c1-6-17(4)20(21)22-14-16(3)8-7-9-18(5)19-12-10-15(2)11-13-19/h8,10-13,17-18H,6-7,9,14H2,1-5H3/t17-,18+/m1/s1. The average Bonchev–Trinajstić information content (AvgIpc) is 2.52. The lowest BCUT2D eigenvalue weighted by Gasteiger charge is -2.12. The molecule has 0 heterocycles. The van der Waals surface area contributed by atoms with Gasteiger partial charge in [0.25, 0.3) is 0 Å². The van der Waals surface area contributed by atoms with E-state index in [9.17, 15) is 4.79 Å².